The molecule has 0 amide bonds. The first-order chi connectivity index (χ1) is 17.2. The van der Waals surface area contributed by atoms with E-state index in [0.717, 1.165) is 53.8 Å². The molecule has 8 unspecified atom stereocenters. The molecule has 6 fully saturated rings. The number of rotatable bonds is 16. The molecule has 9 heteroatoms. The van der Waals surface area contributed by atoms with Gasteiger partial charge in [0.15, 0.2) is 0 Å². The Bertz CT molecular complexity index is 547. The summed E-state index contributed by atoms with van der Waals surface area (Å²) in [6.45, 7) is 0. The van der Waals surface area contributed by atoms with Crippen molar-refractivity contribution in [2.45, 2.75) is 80.5 Å². The maximum Gasteiger partial charge on any atom is 0.0229 e. The monoisotopic (exact) mass is 642 g/mol. The summed E-state index contributed by atoms with van der Waals surface area (Å²) in [5.41, 5.74) is 0. The third-order valence-corrected chi connectivity index (χ3v) is 19.8. The maximum absolute atomic E-state index is 2.37. The standard InChI is InChI=1S/C26H42S9/c1-17(2-20(29-10-24-14-33-24)5-19(1)28-9-23-13-32-23)7-27-8-18-3-21(30-11-25-15-34-25)6-22(4-18)31-12-26-16-35-26/h17-26H,1-16H2/t17?,18?,19?,20?,21?,22?,23-,24?,25?,26?/m1/s1. The van der Waals surface area contributed by atoms with Crippen LogP contribution < -0.4 is 0 Å². The fourth-order valence-electron chi connectivity index (χ4n) is 5.50. The zero-order chi connectivity index (χ0) is 23.5. The Morgan fingerprint density at radius 2 is 0.686 bits per heavy atom. The predicted octanol–water partition coefficient (Wildman–Crippen LogP) is 8.19. The van der Waals surface area contributed by atoms with Gasteiger partial charge in [0.05, 0.1) is 0 Å². The maximum atomic E-state index is 2.37. The molecule has 6 aliphatic rings. The molecule has 4 aliphatic heterocycles. The molecule has 0 nitrogen and oxygen atoms in total. The van der Waals surface area contributed by atoms with E-state index in [1.165, 1.54) is 96.1 Å². The summed E-state index contributed by atoms with van der Waals surface area (Å²) in [4.78, 5) is 0. The van der Waals surface area contributed by atoms with Gasteiger partial charge >= 0.3 is 0 Å². The van der Waals surface area contributed by atoms with Crippen LogP contribution in [0.5, 0.6) is 0 Å². The lowest BCUT2D eigenvalue weighted by atomic mass is 9.89. The Morgan fingerprint density at radius 3 is 0.943 bits per heavy atom. The molecule has 4 heterocycles. The molecule has 9 atom stereocenters. The third-order valence-electron chi connectivity index (χ3n) is 7.82. The van der Waals surface area contributed by atoms with Crippen molar-refractivity contribution in [1.82, 2.24) is 0 Å². The number of thioether (sulfide) groups is 9. The van der Waals surface area contributed by atoms with E-state index in [1.807, 2.05) is 0 Å². The number of hydrogen-bond acceptors (Lipinski definition) is 9. The van der Waals surface area contributed by atoms with Crippen LogP contribution in [0.3, 0.4) is 0 Å². The van der Waals surface area contributed by atoms with E-state index >= 15 is 0 Å². The molecule has 0 radical (unpaired) electrons. The molecule has 0 N–H and O–H groups in total. The molecule has 6 rings (SSSR count). The summed E-state index contributed by atoms with van der Waals surface area (Å²) in [6, 6.07) is 0. The minimum Gasteiger partial charge on any atom is -0.161 e. The molecule has 200 valence electrons. The van der Waals surface area contributed by atoms with Crippen molar-refractivity contribution in [2.24, 2.45) is 11.8 Å². The van der Waals surface area contributed by atoms with Gasteiger partial charge in [0, 0.05) is 88.0 Å². The van der Waals surface area contributed by atoms with Gasteiger partial charge in [-0.05, 0) is 61.9 Å². The first-order valence-corrected chi connectivity index (χ1v) is 23.3. The Labute approximate surface area is 253 Å². The van der Waals surface area contributed by atoms with Crippen molar-refractivity contribution in [3.05, 3.63) is 0 Å². The van der Waals surface area contributed by atoms with Crippen LogP contribution in [-0.2, 0) is 0 Å². The average molecular weight is 643 g/mol. The minimum atomic E-state index is 0.955. The van der Waals surface area contributed by atoms with Crippen molar-refractivity contribution in [3.8, 4) is 0 Å². The summed E-state index contributed by atoms with van der Waals surface area (Å²) in [5, 5.41) is 7.83. The van der Waals surface area contributed by atoms with E-state index in [4.69, 9.17) is 0 Å². The zero-order valence-electron chi connectivity index (χ0n) is 20.8. The van der Waals surface area contributed by atoms with Crippen molar-refractivity contribution in [1.29, 1.82) is 0 Å². The van der Waals surface area contributed by atoms with Gasteiger partial charge in [0.2, 0.25) is 0 Å². The molecule has 0 bridgehead atoms. The van der Waals surface area contributed by atoms with Gasteiger partial charge in [-0.25, -0.2) is 0 Å². The van der Waals surface area contributed by atoms with Crippen LogP contribution in [0.4, 0.5) is 0 Å². The van der Waals surface area contributed by atoms with Crippen LogP contribution in [-0.4, -0.2) is 99.5 Å². The molecule has 0 spiro atoms. The lowest BCUT2D eigenvalue weighted by Crippen LogP contribution is -2.30. The highest BCUT2D eigenvalue weighted by Crippen LogP contribution is 2.46. The van der Waals surface area contributed by atoms with Crippen LogP contribution in [0.2, 0.25) is 0 Å². The molecule has 0 aromatic rings. The van der Waals surface area contributed by atoms with Crippen molar-refractivity contribution < 1.29 is 0 Å². The molecule has 0 aromatic carbocycles. The lowest BCUT2D eigenvalue weighted by Gasteiger charge is -2.36. The fourth-order valence-corrected chi connectivity index (χ4v) is 16.7. The van der Waals surface area contributed by atoms with Crippen molar-refractivity contribution in [2.75, 3.05) is 57.5 Å². The highest BCUT2D eigenvalue weighted by atomic mass is 32.2. The molecule has 2 saturated carbocycles. The SMILES string of the molecule is C(SCC1CC(SCC2CS2)CC(SC[C@@H]2CS2)C1)C1CC(SCC2CS2)CC(SCC2CS2)C1. The average Bonchev–Trinajstić information content (AvgIpc) is 3.72. The first-order valence-electron chi connectivity index (χ1n) is 13.8. The summed E-state index contributed by atoms with van der Waals surface area (Å²) in [6.07, 6.45) is 9.08. The van der Waals surface area contributed by atoms with Gasteiger partial charge in [0.25, 0.3) is 0 Å². The van der Waals surface area contributed by atoms with Crippen LogP contribution >= 0.6 is 106 Å². The highest BCUT2D eigenvalue weighted by molar-refractivity contribution is 8.10. The lowest BCUT2D eigenvalue weighted by molar-refractivity contribution is 0.401. The van der Waals surface area contributed by atoms with E-state index in [1.54, 1.807) is 0 Å². The van der Waals surface area contributed by atoms with Gasteiger partial charge in [-0.15, -0.1) is 0 Å². The van der Waals surface area contributed by atoms with Gasteiger partial charge < -0.3 is 0 Å². The smallest absolute Gasteiger partial charge is 0.0229 e. The topological polar surface area (TPSA) is 0 Å². The highest BCUT2D eigenvalue weighted by Gasteiger charge is 2.35. The third kappa shape index (κ3) is 10.8. The largest absolute Gasteiger partial charge is 0.161 e. The predicted molar refractivity (Wildman–Crippen MR) is 182 cm³/mol. The van der Waals surface area contributed by atoms with E-state index in [2.05, 4.69) is 106 Å². The Kier molecular flexibility index (Phi) is 11.6. The molecule has 2 aliphatic carbocycles. The van der Waals surface area contributed by atoms with Gasteiger partial charge in [0.1, 0.15) is 0 Å². The Morgan fingerprint density at radius 1 is 0.400 bits per heavy atom. The molecular weight excluding hydrogens is 601 g/mol. The van der Waals surface area contributed by atoms with Crippen molar-refractivity contribution in [3.63, 3.8) is 0 Å². The van der Waals surface area contributed by atoms with Gasteiger partial charge in [-0.1, -0.05) is 0 Å². The summed E-state index contributed by atoms with van der Waals surface area (Å²) >= 11 is 20.5. The number of hydrogen-bond donors (Lipinski definition) is 0. The molecule has 0 aromatic heterocycles. The molecular formula is C26H42S9. The van der Waals surface area contributed by atoms with Crippen LogP contribution in [0.25, 0.3) is 0 Å². The first kappa shape index (κ1) is 28.3. The fraction of sp³-hybridized carbons (Fsp3) is 1.00. The Balaban J connectivity index is 0.952. The Hall–Kier alpha value is 3.15. The normalized spacial score (nSPS) is 44.2. The minimum absolute atomic E-state index is 0.955. The second-order valence-electron chi connectivity index (χ2n) is 11.3. The van der Waals surface area contributed by atoms with Crippen molar-refractivity contribution >= 4 is 106 Å². The second kappa shape index (κ2) is 14.4. The van der Waals surface area contributed by atoms with Crippen LogP contribution in [0.15, 0.2) is 0 Å². The van der Waals surface area contributed by atoms with E-state index in [9.17, 15) is 0 Å². The van der Waals surface area contributed by atoms with E-state index in [0.29, 0.717) is 0 Å². The zero-order valence-corrected chi connectivity index (χ0v) is 28.1. The van der Waals surface area contributed by atoms with Gasteiger partial charge in [-0.3, -0.25) is 0 Å². The van der Waals surface area contributed by atoms with E-state index in [-0.39, 0.29) is 0 Å². The summed E-state index contributed by atoms with van der Waals surface area (Å²) < 4.78 is 0. The molecule has 4 saturated heterocycles. The molecule has 35 heavy (non-hydrogen) atoms. The van der Waals surface area contributed by atoms with E-state index < -0.39 is 0 Å². The van der Waals surface area contributed by atoms with Crippen LogP contribution in [0, 0.1) is 11.8 Å². The second-order valence-corrected chi connectivity index (χ2v) is 23.1. The summed E-state index contributed by atoms with van der Waals surface area (Å²) in [7, 11) is 0. The van der Waals surface area contributed by atoms with Crippen LogP contribution in [0.1, 0.15) is 38.5 Å². The quantitative estimate of drug-likeness (QED) is 0.152. The summed E-state index contributed by atoms with van der Waals surface area (Å²) in [5.74, 6) is 16.4. The van der Waals surface area contributed by atoms with Gasteiger partial charge in [-0.2, -0.15) is 106 Å².